The van der Waals surface area contributed by atoms with Crippen molar-refractivity contribution in [1.82, 2.24) is 4.90 Å². The summed E-state index contributed by atoms with van der Waals surface area (Å²) in [5.74, 6) is -0.402. The van der Waals surface area contributed by atoms with Crippen LogP contribution in [0.1, 0.15) is 59.1 Å². The van der Waals surface area contributed by atoms with Crippen molar-refractivity contribution in [2.45, 2.75) is 46.3 Å². The summed E-state index contributed by atoms with van der Waals surface area (Å²) in [4.78, 5) is 39.4. The molecule has 0 aliphatic carbocycles. The maximum Gasteiger partial charge on any atom is 0.290 e. The van der Waals surface area contributed by atoms with Gasteiger partial charge in [0.2, 0.25) is 5.76 Å². The first-order valence-corrected chi connectivity index (χ1v) is 10.9. The van der Waals surface area contributed by atoms with E-state index in [0.29, 0.717) is 36.1 Å². The van der Waals surface area contributed by atoms with E-state index in [0.717, 1.165) is 11.1 Å². The largest absolute Gasteiger partial charge is 0.450 e. The molecule has 4 rings (SSSR count). The van der Waals surface area contributed by atoms with Gasteiger partial charge >= 0.3 is 0 Å². The van der Waals surface area contributed by atoms with Gasteiger partial charge in [0.15, 0.2) is 5.43 Å². The quantitative estimate of drug-likeness (QED) is 0.294. The Labute approximate surface area is 190 Å². The number of hydrogen-bond donors (Lipinski definition) is 0. The zero-order valence-corrected chi connectivity index (χ0v) is 19.1. The average Bonchev–Trinajstić information content (AvgIpc) is 3.05. The van der Waals surface area contributed by atoms with Crippen molar-refractivity contribution >= 4 is 22.6 Å². The van der Waals surface area contributed by atoms with Gasteiger partial charge in [-0.2, -0.15) is 0 Å². The Hall–Kier alpha value is -3.52. The number of nitro groups is 1. The van der Waals surface area contributed by atoms with Crippen LogP contribution >= 0.6 is 0 Å². The number of ether oxygens (including phenoxy) is 1. The fraction of sp³-hybridized carbons (Fsp3) is 0.360. The molecule has 172 valence electrons. The van der Waals surface area contributed by atoms with Crippen molar-refractivity contribution in [1.29, 1.82) is 0 Å². The second-order valence-corrected chi connectivity index (χ2v) is 8.63. The molecular weight excluding hydrogens is 424 g/mol. The fourth-order valence-electron chi connectivity index (χ4n) is 4.22. The summed E-state index contributed by atoms with van der Waals surface area (Å²) in [7, 11) is 0. The maximum absolute atomic E-state index is 13.6. The monoisotopic (exact) mass is 450 g/mol. The van der Waals surface area contributed by atoms with E-state index in [-0.39, 0.29) is 28.5 Å². The molecule has 0 saturated heterocycles. The number of aryl methyl sites for hydroxylation is 2. The molecule has 3 aromatic rings. The van der Waals surface area contributed by atoms with Crippen molar-refractivity contribution in [3.63, 3.8) is 0 Å². The molecule has 1 aliphatic heterocycles. The highest BCUT2D eigenvalue weighted by Gasteiger charge is 2.42. The van der Waals surface area contributed by atoms with Crippen molar-refractivity contribution < 1.29 is 18.9 Å². The molecule has 0 N–H and O–H groups in total. The minimum atomic E-state index is -0.770. The smallest absolute Gasteiger partial charge is 0.290 e. The number of carbonyl (C=O) groups excluding carboxylic acids is 1. The molecule has 0 fully saturated rings. The molecule has 1 aliphatic rings. The molecule has 0 unspecified atom stereocenters. The van der Waals surface area contributed by atoms with Gasteiger partial charge in [0.05, 0.1) is 28.0 Å². The maximum atomic E-state index is 13.6. The van der Waals surface area contributed by atoms with Crippen LogP contribution in [0.5, 0.6) is 0 Å². The lowest BCUT2D eigenvalue weighted by molar-refractivity contribution is -0.384. The van der Waals surface area contributed by atoms with Crippen molar-refractivity contribution in [2.75, 3.05) is 13.2 Å². The van der Waals surface area contributed by atoms with Gasteiger partial charge in [-0.05, 0) is 62.9 Å². The van der Waals surface area contributed by atoms with E-state index >= 15 is 0 Å². The van der Waals surface area contributed by atoms with Crippen LogP contribution in [0, 0.1) is 24.0 Å². The summed E-state index contributed by atoms with van der Waals surface area (Å²) >= 11 is 0. The molecule has 1 aromatic heterocycles. The van der Waals surface area contributed by atoms with Gasteiger partial charge in [-0.1, -0.05) is 12.1 Å². The van der Waals surface area contributed by atoms with Crippen LogP contribution < -0.4 is 5.43 Å². The van der Waals surface area contributed by atoms with Gasteiger partial charge in [0.25, 0.3) is 11.6 Å². The molecule has 0 saturated carbocycles. The molecule has 1 amide bonds. The summed E-state index contributed by atoms with van der Waals surface area (Å²) in [5, 5.41) is 11.8. The Bertz CT molecular complexity index is 1310. The van der Waals surface area contributed by atoms with Gasteiger partial charge in [-0.3, -0.25) is 19.7 Å². The second-order valence-electron chi connectivity index (χ2n) is 8.63. The zero-order chi connectivity index (χ0) is 23.9. The number of fused-ring (bicyclic) bond motifs is 2. The first-order chi connectivity index (χ1) is 15.7. The molecule has 8 nitrogen and oxygen atoms in total. The van der Waals surface area contributed by atoms with Crippen LogP contribution in [0.2, 0.25) is 0 Å². The van der Waals surface area contributed by atoms with E-state index in [2.05, 4.69) is 0 Å². The Morgan fingerprint density at radius 1 is 1.15 bits per heavy atom. The molecule has 2 aromatic carbocycles. The van der Waals surface area contributed by atoms with Gasteiger partial charge in [0.1, 0.15) is 5.58 Å². The lowest BCUT2D eigenvalue weighted by atomic mass is 9.97. The first-order valence-electron chi connectivity index (χ1n) is 10.9. The number of rotatable bonds is 7. The fourth-order valence-corrected chi connectivity index (χ4v) is 4.22. The minimum absolute atomic E-state index is 0.00274. The molecule has 0 bridgehead atoms. The van der Waals surface area contributed by atoms with Crippen molar-refractivity contribution in [2.24, 2.45) is 0 Å². The van der Waals surface area contributed by atoms with Crippen LogP contribution in [0.15, 0.2) is 45.6 Å². The Balaban J connectivity index is 1.87. The molecule has 33 heavy (non-hydrogen) atoms. The van der Waals surface area contributed by atoms with Gasteiger partial charge in [-0.25, -0.2) is 0 Å². The zero-order valence-electron chi connectivity index (χ0n) is 19.1. The predicted octanol–water partition coefficient (Wildman–Crippen LogP) is 4.68. The highest BCUT2D eigenvalue weighted by atomic mass is 16.6. The lowest BCUT2D eigenvalue weighted by Gasteiger charge is -2.25. The SMILES string of the molecule is Cc1cc2oc3c(c(=O)c2cc1C)[C@H](c1cccc([N+](=O)[O-])c1)N(CCCOC(C)C)C3=O. The van der Waals surface area contributed by atoms with E-state index in [1.165, 1.54) is 12.1 Å². The Kier molecular flexibility index (Phi) is 6.03. The molecule has 8 heteroatoms. The third kappa shape index (κ3) is 4.14. The number of benzene rings is 2. The number of nitrogens with zero attached hydrogens (tertiary/aromatic N) is 2. The van der Waals surface area contributed by atoms with E-state index in [4.69, 9.17) is 9.15 Å². The first kappa shape index (κ1) is 22.7. The van der Waals surface area contributed by atoms with Crippen molar-refractivity contribution in [3.8, 4) is 0 Å². The van der Waals surface area contributed by atoms with Gasteiger partial charge < -0.3 is 14.1 Å². The van der Waals surface area contributed by atoms with E-state index in [1.54, 1.807) is 29.2 Å². The Morgan fingerprint density at radius 2 is 1.88 bits per heavy atom. The number of hydrogen-bond acceptors (Lipinski definition) is 6. The van der Waals surface area contributed by atoms with Crippen LogP contribution in [0.3, 0.4) is 0 Å². The molecular formula is C25H26N2O6. The number of nitro benzene ring substituents is 1. The number of amides is 1. The third-order valence-corrected chi connectivity index (χ3v) is 5.97. The summed E-state index contributed by atoms with van der Waals surface area (Å²) in [5.41, 5.74) is 2.58. The summed E-state index contributed by atoms with van der Waals surface area (Å²) < 4.78 is 11.6. The van der Waals surface area contributed by atoms with Crippen LogP contribution in [-0.2, 0) is 4.74 Å². The molecule has 2 heterocycles. The van der Waals surface area contributed by atoms with E-state index < -0.39 is 16.9 Å². The average molecular weight is 450 g/mol. The highest BCUT2D eigenvalue weighted by Crippen LogP contribution is 2.39. The predicted molar refractivity (Wildman–Crippen MR) is 124 cm³/mol. The standard InChI is InChI=1S/C25H26N2O6/c1-14(2)32-10-6-9-26-22(17-7-5-8-18(13-17)27(30)31)21-23(28)19-11-15(3)16(4)12-20(19)33-24(21)25(26)29/h5,7-8,11-14,22H,6,9-10H2,1-4H3/t22-/m0/s1. The second kappa shape index (κ2) is 8.78. The minimum Gasteiger partial charge on any atom is -0.450 e. The van der Waals surface area contributed by atoms with E-state index in [9.17, 15) is 19.7 Å². The lowest BCUT2D eigenvalue weighted by Crippen LogP contribution is -2.31. The highest BCUT2D eigenvalue weighted by molar-refractivity contribution is 5.99. The number of carbonyl (C=O) groups is 1. The molecule has 0 radical (unpaired) electrons. The summed E-state index contributed by atoms with van der Waals surface area (Å²) in [6.45, 7) is 8.45. The van der Waals surface area contributed by atoms with Crippen LogP contribution in [0.25, 0.3) is 11.0 Å². The Morgan fingerprint density at radius 3 is 2.58 bits per heavy atom. The molecule has 1 atom stereocenters. The topological polar surface area (TPSA) is 103 Å². The molecule has 0 spiro atoms. The summed E-state index contributed by atoms with van der Waals surface area (Å²) in [6, 6.07) is 8.82. The van der Waals surface area contributed by atoms with Crippen LogP contribution in [0.4, 0.5) is 5.69 Å². The van der Waals surface area contributed by atoms with Crippen molar-refractivity contribution in [3.05, 3.63) is 84.7 Å². The van der Waals surface area contributed by atoms with Gasteiger partial charge in [0, 0.05) is 25.3 Å². The van der Waals surface area contributed by atoms with Gasteiger partial charge in [-0.15, -0.1) is 0 Å². The van der Waals surface area contributed by atoms with E-state index in [1.807, 2.05) is 27.7 Å². The normalized spacial score (nSPS) is 15.5. The van der Waals surface area contributed by atoms with Crippen LogP contribution in [-0.4, -0.2) is 35.0 Å². The summed E-state index contributed by atoms with van der Waals surface area (Å²) in [6.07, 6.45) is 0.610. The number of non-ortho nitro benzene ring substituents is 1. The third-order valence-electron chi connectivity index (χ3n) is 5.97.